The summed E-state index contributed by atoms with van der Waals surface area (Å²) >= 11 is 0. The number of ether oxygens (including phenoxy) is 2. The fraction of sp³-hybridized carbons (Fsp3) is 0.948. The van der Waals surface area contributed by atoms with E-state index in [0.29, 0.717) is 6.42 Å². The number of aliphatic hydroxyl groups is 5. The second kappa shape index (κ2) is 48.6. The van der Waals surface area contributed by atoms with E-state index in [1.54, 1.807) is 6.08 Å². The first-order valence-corrected chi connectivity index (χ1v) is 29.4. The molecule has 0 bridgehead atoms. The molecule has 398 valence electrons. The second-order valence-electron chi connectivity index (χ2n) is 20.8. The van der Waals surface area contributed by atoms with Gasteiger partial charge in [-0.15, -0.1) is 0 Å². The highest BCUT2D eigenvalue weighted by atomic mass is 16.7. The van der Waals surface area contributed by atoms with Gasteiger partial charge in [-0.25, -0.2) is 0 Å². The number of aliphatic hydroxyl groups excluding tert-OH is 5. The summed E-state index contributed by atoms with van der Waals surface area (Å²) < 4.78 is 11.2. The number of rotatable bonds is 51. The van der Waals surface area contributed by atoms with Crippen molar-refractivity contribution in [3.63, 3.8) is 0 Å². The molecule has 9 nitrogen and oxygen atoms in total. The van der Waals surface area contributed by atoms with E-state index >= 15 is 0 Å². The van der Waals surface area contributed by atoms with Crippen LogP contribution in [-0.4, -0.2) is 87.5 Å². The molecule has 6 N–H and O–H groups in total. The Labute approximate surface area is 414 Å². The lowest BCUT2D eigenvalue weighted by atomic mass is 9.99. The zero-order valence-electron chi connectivity index (χ0n) is 44.2. The minimum Gasteiger partial charge on any atom is -0.394 e. The lowest BCUT2D eigenvalue weighted by molar-refractivity contribution is -0.302. The van der Waals surface area contributed by atoms with Gasteiger partial charge in [-0.2, -0.15) is 0 Å². The number of hydrogen-bond acceptors (Lipinski definition) is 8. The zero-order chi connectivity index (χ0) is 48.7. The zero-order valence-corrected chi connectivity index (χ0v) is 44.2. The average molecular weight is 953 g/mol. The van der Waals surface area contributed by atoms with Gasteiger partial charge in [0, 0.05) is 6.42 Å². The molecule has 1 heterocycles. The number of carbonyl (C=O) groups excluding carboxylic acids is 1. The third-order valence-corrected chi connectivity index (χ3v) is 14.4. The lowest BCUT2D eigenvalue weighted by Gasteiger charge is -2.40. The highest BCUT2D eigenvalue weighted by Crippen LogP contribution is 2.23. The van der Waals surface area contributed by atoms with Crippen molar-refractivity contribution in [1.29, 1.82) is 0 Å². The number of nitrogens with one attached hydrogen (secondary N) is 1. The number of allylic oxidation sites excluding steroid dienone is 1. The van der Waals surface area contributed by atoms with Crippen LogP contribution in [0.5, 0.6) is 0 Å². The van der Waals surface area contributed by atoms with Crippen LogP contribution in [0.3, 0.4) is 0 Å². The summed E-state index contributed by atoms with van der Waals surface area (Å²) in [6, 6.07) is -0.799. The maximum absolute atomic E-state index is 13.0. The average Bonchev–Trinajstić information content (AvgIpc) is 3.33. The van der Waals surface area contributed by atoms with E-state index in [2.05, 4.69) is 19.2 Å². The molecule has 9 heteroatoms. The largest absolute Gasteiger partial charge is 0.394 e. The molecular weight excluding hydrogens is 839 g/mol. The van der Waals surface area contributed by atoms with Gasteiger partial charge in [-0.1, -0.05) is 283 Å². The fourth-order valence-electron chi connectivity index (χ4n) is 9.69. The standard InChI is InChI=1S/C58H113NO8/c1-3-5-7-9-11-13-15-17-18-19-20-21-22-23-24-25-26-27-28-29-30-31-32-33-34-35-36-38-40-42-44-46-48-54(62)59-51(50-66-58-57(65)56(64)55(63)53(49-60)67-58)52(61)47-45-43-41-39-37-16-14-12-10-8-6-4-2/h45,47,51-53,55-58,60-61,63-65H,3-44,46,48-50H2,1-2H3,(H,59,62)/b47-45+/t51-,52+,53+,55-,56?,57?,58+/m0/s1. The summed E-state index contributed by atoms with van der Waals surface area (Å²) in [6.07, 6.45) is 53.1. The smallest absolute Gasteiger partial charge is 0.220 e. The summed E-state index contributed by atoms with van der Waals surface area (Å²) in [6.45, 7) is 3.80. The molecule has 0 saturated carbocycles. The number of carbonyl (C=O) groups is 1. The molecule has 0 aromatic rings. The van der Waals surface area contributed by atoms with E-state index in [0.717, 1.165) is 38.5 Å². The highest BCUT2D eigenvalue weighted by Gasteiger charge is 2.44. The molecule has 0 radical (unpaired) electrons. The van der Waals surface area contributed by atoms with Crippen LogP contribution < -0.4 is 5.32 Å². The van der Waals surface area contributed by atoms with Crippen molar-refractivity contribution in [3.05, 3.63) is 12.2 Å². The predicted octanol–water partition coefficient (Wildman–Crippen LogP) is 14.4. The third-order valence-electron chi connectivity index (χ3n) is 14.4. The van der Waals surface area contributed by atoms with Crippen molar-refractivity contribution >= 4 is 5.91 Å². The SMILES string of the molecule is CCCCCCCCCCCC/C=C/[C@@H](O)[C@H](CO[C@@H]1O[C@H](CO)[C@H](O)C(O)C1O)NC(=O)CCCCCCCCCCCCCCCCCCCCCCCCCCCCCCCCCC. The molecule has 1 amide bonds. The monoisotopic (exact) mass is 952 g/mol. The molecule has 1 aliphatic heterocycles. The van der Waals surface area contributed by atoms with Gasteiger partial charge < -0.3 is 40.3 Å². The normalized spacial score (nSPS) is 19.7. The van der Waals surface area contributed by atoms with Crippen molar-refractivity contribution in [2.24, 2.45) is 0 Å². The Morgan fingerprint density at radius 2 is 0.821 bits per heavy atom. The quantitative estimate of drug-likeness (QED) is 0.0261. The van der Waals surface area contributed by atoms with E-state index in [9.17, 15) is 30.3 Å². The fourth-order valence-corrected chi connectivity index (χ4v) is 9.69. The second-order valence-corrected chi connectivity index (χ2v) is 20.8. The molecule has 0 spiro atoms. The lowest BCUT2D eigenvalue weighted by Crippen LogP contribution is -2.60. The Kier molecular flexibility index (Phi) is 46.3. The molecule has 0 aromatic heterocycles. The molecule has 1 saturated heterocycles. The van der Waals surface area contributed by atoms with Gasteiger partial charge in [0.1, 0.15) is 24.4 Å². The molecule has 1 fully saturated rings. The molecule has 0 aromatic carbocycles. The minimum absolute atomic E-state index is 0.171. The summed E-state index contributed by atoms with van der Waals surface area (Å²) in [5.41, 5.74) is 0. The van der Waals surface area contributed by atoms with Crippen LogP contribution in [0.15, 0.2) is 12.2 Å². The van der Waals surface area contributed by atoms with Crippen LogP contribution in [0.4, 0.5) is 0 Å². The Morgan fingerprint density at radius 1 is 0.493 bits per heavy atom. The molecule has 0 aliphatic carbocycles. The van der Waals surface area contributed by atoms with E-state index < -0.39 is 49.5 Å². The van der Waals surface area contributed by atoms with E-state index in [-0.39, 0.29) is 12.5 Å². The van der Waals surface area contributed by atoms with Crippen molar-refractivity contribution < 1.29 is 39.8 Å². The van der Waals surface area contributed by atoms with Crippen molar-refractivity contribution in [1.82, 2.24) is 5.32 Å². The van der Waals surface area contributed by atoms with Gasteiger partial charge in [-0.05, 0) is 19.3 Å². The van der Waals surface area contributed by atoms with E-state index in [4.69, 9.17) is 9.47 Å². The molecule has 2 unspecified atom stereocenters. The predicted molar refractivity (Wildman–Crippen MR) is 281 cm³/mol. The van der Waals surface area contributed by atoms with E-state index in [1.807, 2.05) is 6.08 Å². The Bertz CT molecular complexity index is 1060. The highest BCUT2D eigenvalue weighted by molar-refractivity contribution is 5.76. The summed E-state index contributed by atoms with van der Waals surface area (Å²) in [7, 11) is 0. The van der Waals surface area contributed by atoms with Gasteiger partial charge in [0.2, 0.25) is 5.91 Å². The van der Waals surface area contributed by atoms with E-state index in [1.165, 1.54) is 238 Å². The van der Waals surface area contributed by atoms with Crippen molar-refractivity contribution in [2.75, 3.05) is 13.2 Å². The minimum atomic E-state index is -1.56. The maximum Gasteiger partial charge on any atom is 0.220 e. The van der Waals surface area contributed by atoms with Gasteiger partial charge in [-0.3, -0.25) is 4.79 Å². The van der Waals surface area contributed by atoms with Crippen LogP contribution in [0, 0.1) is 0 Å². The number of unbranched alkanes of at least 4 members (excludes halogenated alkanes) is 41. The van der Waals surface area contributed by atoms with Crippen molar-refractivity contribution in [3.8, 4) is 0 Å². The van der Waals surface area contributed by atoms with Gasteiger partial charge in [0.25, 0.3) is 0 Å². The van der Waals surface area contributed by atoms with Crippen LogP contribution in [0.1, 0.15) is 296 Å². The van der Waals surface area contributed by atoms with Crippen LogP contribution in [-0.2, 0) is 14.3 Å². The summed E-state index contributed by atoms with van der Waals surface area (Å²) in [5.74, 6) is -0.171. The Hall–Kier alpha value is -1.07. The maximum atomic E-state index is 13.0. The Balaban J connectivity index is 2.08. The van der Waals surface area contributed by atoms with Gasteiger partial charge in [0.05, 0.1) is 25.4 Å². The molecule has 67 heavy (non-hydrogen) atoms. The topological polar surface area (TPSA) is 149 Å². The van der Waals surface area contributed by atoms with Crippen LogP contribution in [0.25, 0.3) is 0 Å². The first kappa shape index (κ1) is 63.9. The molecular formula is C58H113NO8. The molecule has 1 rings (SSSR count). The van der Waals surface area contributed by atoms with Gasteiger partial charge in [0.15, 0.2) is 6.29 Å². The number of amides is 1. The first-order chi connectivity index (χ1) is 32.8. The van der Waals surface area contributed by atoms with Crippen LogP contribution >= 0.6 is 0 Å². The Morgan fingerprint density at radius 3 is 1.16 bits per heavy atom. The number of hydrogen-bond donors (Lipinski definition) is 6. The first-order valence-electron chi connectivity index (χ1n) is 29.4. The molecule has 7 atom stereocenters. The third kappa shape index (κ3) is 38.3. The molecule has 1 aliphatic rings. The summed E-state index contributed by atoms with van der Waals surface area (Å²) in [5, 5.41) is 54.3. The summed E-state index contributed by atoms with van der Waals surface area (Å²) in [4.78, 5) is 13.0. The van der Waals surface area contributed by atoms with Crippen LogP contribution in [0.2, 0.25) is 0 Å². The van der Waals surface area contributed by atoms with Crippen molar-refractivity contribution in [2.45, 2.75) is 339 Å². The van der Waals surface area contributed by atoms with Gasteiger partial charge >= 0.3 is 0 Å².